The van der Waals surface area contributed by atoms with E-state index in [0.29, 0.717) is 31.6 Å². The van der Waals surface area contributed by atoms with Crippen molar-refractivity contribution in [2.24, 2.45) is 0 Å². The number of unbranched alkanes of at least 4 members (excludes halogenated alkanes) is 9. The molecular formula is C18H36Cl2O2. The summed E-state index contributed by atoms with van der Waals surface area (Å²) in [5, 5.41) is 0. The van der Waals surface area contributed by atoms with Crippen molar-refractivity contribution in [1.29, 1.82) is 0 Å². The molecule has 4 heteroatoms. The van der Waals surface area contributed by atoms with E-state index in [9.17, 15) is 0 Å². The van der Waals surface area contributed by atoms with Crippen molar-refractivity contribution in [3.63, 3.8) is 0 Å². The number of ether oxygens (including phenoxy) is 2. The SMILES string of the molecule is CCCCCCCCCCCC[C@@H](CCl)OCCOCCCl. The standard InChI is InChI=1S/C18H36Cl2O2/c1-2-3-4-5-6-7-8-9-10-11-12-18(17-20)22-16-15-21-14-13-19/h18H,2-17H2,1H3/t18-/m0/s1. The zero-order valence-corrected chi connectivity index (χ0v) is 16.0. The molecule has 0 aromatic heterocycles. The third-order valence-corrected chi connectivity index (χ3v) is 4.35. The third kappa shape index (κ3) is 16.9. The van der Waals surface area contributed by atoms with Gasteiger partial charge in [-0.25, -0.2) is 0 Å². The highest BCUT2D eigenvalue weighted by Crippen LogP contribution is 2.13. The van der Waals surface area contributed by atoms with Gasteiger partial charge < -0.3 is 9.47 Å². The smallest absolute Gasteiger partial charge is 0.0711 e. The average Bonchev–Trinajstić information content (AvgIpc) is 2.54. The molecule has 0 saturated heterocycles. The van der Waals surface area contributed by atoms with Gasteiger partial charge in [0.2, 0.25) is 0 Å². The molecule has 0 rings (SSSR count). The summed E-state index contributed by atoms with van der Waals surface area (Å²) in [6.45, 7) is 4.09. The van der Waals surface area contributed by atoms with Crippen LogP contribution in [0.25, 0.3) is 0 Å². The molecule has 0 aliphatic rings. The molecule has 0 amide bonds. The van der Waals surface area contributed by atoms with Gasteiger partial charge in [-0.3, -0.25) is 0 Å². The maximum absolute atomic E-state index is 5.94. The first-order valence-electron chi connectivity index (χ1n) is 9.16. The quantitative estimate of drug-likeness (QED) is 0.216. The van der Waals surface area contributed by atoms with E-state index in [0.717, 1.165) is 6.42 Å². The van der Waals surface area contributed by atoms with Gasteiger partial charge >= 0.3 is 0 Å². The lowest BCUT2D eigenvalue weighted by molar-refractivity contribution is 0.0131. The second kappa shape index (κ2) is 19.5. The molecule has 0 bridgehead atoms. The van der Waals surface area contributed by atoms with Crippen molar-refractivity contribution in [1.82, 2.24) is 0 Å². The second-order valence-corrected chi connectivity index (χ2v) is 6.61. The van der Waals surface area contributed by atoms with Crippen LogP contribution in [0.1, 0.15) is 77.6 Å². The van der Waals surface area contributed by atoms with Crippen LogP contribution in [0.5, 0.6) is 0 Å². The Balaban J connectivity index is 3.25. The highest BCUT2D eigenvalue weighted by Gasteiger charge is 2.07. The molecule has 0 aliphatic heterocycles. The fourth-order valence-electron chi connectivity index (χ4n) is 2.49. The molecule has 0 fully saturated rings. The Kier molecular flexibility index (Phi) is 20.0. The maximum atomic E-state index is 5.94. The van der Waals surface area contributed by atoms with Gasteiger partial charge in [-0.15, -0.1) is 23.2 Å². The van der Waals surface area contributed by atoms with Gasteiger partial charge in [0.1, 0.15) is 0 Å². The lowest BCUT2D eigenvalue weighted by Gasteiger charge is -2.15. The van der Waals surface area contributed by atoms with Crippen molar-refractivity contribution in [3.05, 3.63) is 0 Å². The van der Waals surface area contributed by atoms with Gasteiger partial charge in [-0.1, -0.05) is 71.1 Å². The molecule has 1 atom stereocenters. The van der Waals surface area contributed by atoms with Gasteiger partial charge in [0.25, 0.3) is 0 Å². The summed E-state index contributed by atoms with van der Waals surface area (Å²) in [7, 11) is 0. The Morgan fingerprint density at radius 2 is 1.32 bits per heavy atom. The molecule has 0 spiro atoms. The van der Waals surface area contributed by atoms with Gasteiger partial charge in [0.15, 0.2) is 0 Å². The topological polar surface area (TPSA) is 18.5 Å². The molecule has 0 unspecified atom stereocenters. The summed E-state index contributed by atoms with van der Waals surface area (Å²) in [6.07, 6.45) is 14.9. The molecular weight excluding hydrogens is 319 g/mol. The first kappa shape index (κ1) is 22.5. The van der Waals surface area contributed by atoms with Gasteiger partial charge in [-0.05, 0) is 6.42 Å². The van der Waals surface area contributed by atoms with Gasteiger partial charge in [0.05, 0.1) is 25.9 Å². The van der Waals surface area contributed by atoms with E-state index in [2.05, 4.69) is 6.92 Å². The zero-order valence-electron chi connectivity index (χ0n) is 14.5. The Morgan fingerprint density at radius 3 is 1.86 bits per heavy atom. The van der Waals surface area contributed by atoms with E-state index in [1.165, 1.54) is 64.2 Å². The summed E-state index contributed by atoms with van der Waals surface area (Å²) in [6, 6.07) is 0. The second-order valence-electron chi connectivity index (χ2n) is 5.92. The lowest BCUT2D eigenvalue weighted by atomic mass is 10.0. The molecule has 0 aliphatic carbocycles. The number of hydrogen-bond donors (Lipinski definition) is 0. The third-order valence-electron chi connectivity index (χ3n) is 3.85. The summed E-state index contributed by atoms with van der Waals surface area (Å²) in [5.41, 5.74) is 0. The lowest BCUT2D eigenvalue weighted by Crippen LogP contribution is -2.18. The van der Waals surface area contributed by atoms with Crippen molar-refractivity contribution in [3.8, 4) is 0 Å². The molecule has 0 saturated carbocycles. The monoisotopic (exact) mass is 354 g/mol. The average molecular weight is 355 g/mol. The van der Waals surface area contributed by atoms with Gasteiger partial charge in [0, 0.05) is 11.8 Å². The Hall–Kier alpha value is 0.500. The molecule has 0 radical (unpaired) electrons. The van der Waals surface area contributed by atoms with Crippen molar-refractivity contribution < 1.29 is 9.47 Å². The van der Waals surface area contributed by atoms with Crippen LogP contribution in [0.2, 0.25) is 0 Å². The van der Waals surface area contributed by atoms with Crippen LogP contribution in [-0.4, -0.2) is 37.7 Å². The fraction of sp³-hybridized carbons (Fsp3) is 1.00. The summed E-state index contributed by atoms with van der Waals surface area (Å²) >= 11 is 11.5. The Morgan fingerprint density at radius 1 is 0.727 bits per heavy atom. The van der Waals surface area contributed by atoms with Crippen molar-refractivity contribution >= 4 is 23.2 Å². The maximum Gasteiger partial charge on any atom is 0.0711 e. The minimum atomic E-state index is 0.176. The normalized spacial score (nSPS) is 12.7. The number of halogens is 2. The number of rotatable bonds is 18. The highest BCUT2D eigenvalue weighted by molar-refractivity contribution is 6.18. The van der Waals surface area contributed by atoms with E-state index in [1.807, 2.05) is 0 Å². The highest BCUT2D eigenvalue weighted by atomic mass is 35.5. The number of hydrogen-bond acceptors (Lipinski definition) is 2. The Labute approximate surface area is 148 Å². The summed E-state index contributed by atoms with van der Waals surface area (Å²) in [5.74, 6) is 1.12. The minimum Gasteiger partial charge on any atom is -0.378 e. The van der Waals surface area contributed by atoms with E-state index >= 15 is 0 Å². The summed E-state index contributed by atoms with van der Waals surface area (Å²) < 4.78 is 11.0. The van der Waals surface area contributed by atoms with Crippen LogP contribution in [0.15, 0.2) is 0 Å². The van der Waals surface area contributed by atoms with Crippen molar-refractivity contribution in [2.45, 2.75) is 83.7 Å². The van der Waals surface area contributed by atoms with Crippen LogP contribution >= 0.6 is 23.2 Å². The molecule has 0 aromatic carbocycles. The van der Waals surface area contributed by atoms with E-state index in [-0.39, 0.29) is 6.10 Å². The van der Waals surface area contributed by atoms with E-state index in [1.54, 1.807) is 0 Å². The van der Waals surface area contributed by atoms with E-state index in [4.69, 9.17) is 32.7 Å². The molecule has 22 heavy (non-hydrogen) atoms. The predicted octanol–water partition coefficient (Wildman–Crippen LogP) is 6.18. The van der Waals surface area contributed by atoms with Crippen LogP contribution in [0.4, 0.5) is 0 Å². The number of alkyl halides is 2. The molecule has 134 valence electrons. The Bertz CT molecular complexity index is 204. The van der Waals surface area contributed by atoms with Crippen LogP contribution in [-0.2, 0) is 9.47 Å². The molecule has 2 nitrogen and oxygen atoms in total. The van der Waals surface area contributed by atoms with Crippen LogP contribution < -0.4 is 0 Å². The van der Waals surface area contributed by atoms with E-state index < -0.39 is 0 Å². The molecule has 0 heterocycles. The molecule has 0 aromatic rings. The first-order valence-corrected chi connectivity index (χ1v) is 10.2. The first-order chi connectivity index (χ1) is 10.8. The van der Waals surface area contributed by atoms with Gasteiger partial charge in [-0.2, -0.15) is 0 Å². The van der Waals surface area contributed by atoms with Crippen LogP contribution in [0, 0.1) is 0 Å². The predicted molar refractivity (Wildman–Crippen MR) is 98.5 cm³/mol. The van der Waals surface area contributed by atoms with Crippen LogP contribution in [0.3, 0.4) is 0 Å². The fourth-order valence-corrected chi connectivity index (χ4v) is 2.85. The summed E-state index contributed by atoms with van der Waals surface area (Å²) in [4.78, 5) is 0. The minimum absolute atomic E-state index is 0.176. The zero-order chi connectivity index (χ0) is 16.3. The molecule has 0 N–H and O–H groups in total. The van der Waals surface area contributed by atoms with Crippen molar-refractivity contribution in [2.75, 3.05) is 31.6 Å². The largest absolute Gasteiger partial charge is 0.378 e.